The Kier molecular flexibility index (Phi) is 5.67. The standard InChI is InChI=1S/C21H28N2O/c1-16-11-18-9-5-6-10-19(18)14-23(13-16)15-21(24)20(22)12-17-7-3-2-4-8-17/h2-10,16,20-21,24H,11-15,22H2,1H3/t16-,20-,21+/m0/s1. The Bertz CT molecular complexity index is 643. The summed E-state index contributed by atoms with van der Waals surface area (Å²) in [6, 6.07) is 18.6. The van der Waals surface area contributed by atoms with E-state index in [1.54, 1.807) is 0 Å². The molecule has 2 aromatic carbocycles. The van der Waals surface area contributed by atoms with E-state index in [1.807, 2.05) is 18.2 Å². The van der Waals surface area contributed by atoms with Gasteiger partial charge in [-0.3, -0.25) is 4.90 Å². The van der Waals surface area contributed by atoms with Crippen LogP contribution in [0.2, 0.25) is 0 Å². The van der Waals surface area contributed by atoms with E-state index in [0.717, 1.165) is 19.5 Å². The van der Waals surface area contributed by atoms with E-state index >= 15 is 0 Å². The second-order valence-corrected chi connectivity index (χ2v) is 7.19. The van der Waals surface area contributed by atoms with Crippen molar-refractivity contribution in [2.24, 2.45) is 11.7 Å². The minimum absolute atomic E-state index is 0.235. The molecule has 1 aliphatic heterocycles. The van der Waals surface area contributed by atoms with Crippen molar-refractivity contribution in [3.05, 3.63) is 71.3 Å². The van der Waals surface area contributed by atoms with Crippen molar-refractivity contribution in [1.82, 2.24) is 4.90 Å². The molecule has 0 unspecified atom stereocenters. The number of nitrogens with two attached hydrogens (primary N) is 1. The Labute approximate surface area is 145 Å². The second kappa shape index (κ2) is 7.93. The molecule has 1 aliphatic rings. The Morgan fingerprint density at radius 2 is 1.75 bits per heavy atom. The van der Waals surface area contributed by atoms with Crippen molar-refractivity contribution in [2.75, 3.05) is 13.1 Å². The fourth-order valence-corrected chi connectivity index (χ4v) is 3.66. The number of aliphatic hydroxyl groups excluding tert-OH is 1. The molecule has 2 aromatic rings. The summed E-state index contributed by atoms with van der Waals surface area (Å²) in [5.41, 5.74) is 10.3. The number of aliphatic hydroxyl groups is 1. The normalized spacial score (nSPS) is 20.9. The van der Waals surface area contributed by atoms with Crippen molar-refractivity contribution in [3.63, 3.8) is 0 Å². The van der Waals surface area contributed by atoms with Gasteiger partial charge < -0.3 is 10.8 Å². The molecule has 128 valence electrons. The maximum absolute atomic E-state index is 10.6. The average molecular weight is 324 g/mol. The van der Waals surface area contributed by atoms with Gasteiger partial charge in [0.1, 0.15) is 0 Å². The van der Waals surface area contributed by atoms with Gasteiger partial charge in [0.2, 0.25) is 0 Å². The summed E-state index contributed by atoms with van der Waals surface area (Å²) in [4.78, 5) is 2.35. The first-order valence-electron chi connectivity index (χ1n) is 8.88. The Morgan fingerprint density at radius 3 is 2.50 bits per heavy atom. The maximum Gasteiger partial charge on any atom is 0.0821 e. The molecule has 0 saturated carbocycles. The number of benzene rings is 2. The third kappa shape index (κ3) is 4.44. The summed E-state index contributed by atoms with van der Waals surface area (Å²) in [6.07, 6.45) is 1.31. The van der Waals surface area contributed by atoms with E-state index in [2.05, 4.69) is 48.2 Å². The molecule has 0 fully saturated rings. The third-order valence-corrected chi connectivity index (χ3v) is 4.90. The predicted molar refractivity (Wildman–Crippen MR) is 98.7 cm³/mol. The highest BCUT2D eigenvalue weighted by atomic mass is 16.3. The molecule has 0 radical (unpaired) electrons. The molecule has 3 nitrogen and oxygen atoms in total. The molecule has 0 bridgehead atoms. The summed E-state index contributed by atoms with van der Waals surface area (Å²) in [7, 11) is 0. The lowest BCUT2D eigenvalue weighted by Gasteiger charge is -2.28. The Balaban J connectivity index is 1.62. The van der Waals surface area contributed by atoms with Gasteiger partial charge in [0.15, 0.2) is 0 Å². The minimum Gasteiger partial charge on any atom is -0.390 e. The van der Waals surface area contributed by atoms with E-state index in [9.17, 15) is 5.11 Å². The van der Waals surface area contributed by atoms with Crippen LogP contribution in [-0.2, 0) is 19.4 Å². The van der Waals surface area contributed by atoms with E-state index in [-0.39, 0.29) is 6.04 Å². The molecule has 0 spiro atoms. The third-order valence-electron chi connectivity index (χ3n) is 4.90. The molecule has 0 saturated heterocycles. The SMILES string of the molecule is C[C@H]1Cc2ccccc2CN(C[C@@H](O)[C@@H](N)Cc2ccccc2)C1. The van der Waals surface area contributed by atoms with Gasteiger partial charge >= 0.3 is 0 Å². The van der Waals surface area contributed by atoms with Crippen LogP contribution in [0.5, 0.6) is 0 Å². The molecule has 3 N–H and O–H groups in total. The summed E-state index contributed by atoms with van der Waals surface area (Å²) >= 11 is 0. The molecule has 3 rings (SSSR count). The first kappa shape index (κ1) is 17.2. The average Bonchev–Trinajstić information content (AvgIpc) is 2.72. The van der Waals surface area contributed by atoms with Crippen LogP contribution in [0.1, 0.15) is 23.6 Å². The number of fused-ring (bicyclic) bond motifs is 1. The van der Waals surface area contributed by atoms with Crippen molar-refractivity contribution in [1.29, 1.82) is 0 Å². The van der Waals surface area contributed by atoms with Gasteiger partial charge in [-0.05, 0) is 35.4 Å². The van der Waals surface area contributed by atoms with E-state index < -0.39 is 6.10 Å². The van der Waals surface area contributed by atoms with Gasteiger partial charge in [0.05, 0.1) is 6.10 Å². The summed E-state index contributed by atoms with van der Waals surface area (Å²) in [5, 5.41) is 10.6. The zero-order chi connectivity index (χ0) is 16.9. The molecular weight excluding hydrogens is 296 g/mol. The zero-order valence-corrected chi connectivity index (χ0v) is 14.4. The molecular formula is C21H28N2O. The van der Waals surface area contributed by atoms with Crippen LogP contribution in [0, 0.1) is 5.92 Å². The summed E-state index contributed by atoms with van der Waals surface area (Å²) in [6.45, 7) is 4.82. The van der Waals surface area contributed by atoms with Crippen LogP contribution < -0.4 is 5.73 Å². The molecule has 3 atom stereocenters. The van der Waals surface area contributed by atoms with Crippen LogP contribution in [0.25, 0.3) is 0 Å². The Hall–Kier alpha value is -1.68. The van der Waals surface area contributed by atoms with Crippen LogP contribution in [0.3, 0.4) is 0 Å². The van der Waals surface area contributed by atoms with E-state index in [4.69, 9.17) is 5.73 Å². The van der Waals surface area contributed by atoms with Gasteiger partial charge in [0, 0.05) is 25.7 Å². The second-order valence-electron chi connectivity index (χ2n) is 7.19. The van der Waals surface area contributed by atoms with Gasteiger partial charge in [-0.1, -0.05) is 61.5 Å². The van der Waals surface area contributed by atoms with E-state index in [0.29, 0.717) is 18.9 Å². The van der Waals surface area contributed by atoms with Crippen LogP contribution in [0.15, 0.2) is 54.6 Å². The first-order valence-corrected chi connectivity index (χ1v) is 8.88. The van der Waals surface area contributed by atoms with Gasteiger partial charge in [-0.15, -0.1) is 0 Å². The first-order chi connectivity index (χ1) is 11.6. The molecule has 1 heterocycles. The largest absolute Gasteiger partial charge is 0.390 e. The Morgan fingerprint density at radius 1 is 1.08 bits per heavy atom. The van der Waals surface area contributed by atoms with Crippen molar-refractivity contribution < 1.29 is 5.11 Å². The monoisotopic (exact) mass is 324 g/mol. The molecule has 24 heavy (non-hydrogen) atoms. The van der Waals surface area contributed by atoms with E-state index in [1.165, 1.54) is 16.7 Å². The predicted octanol–water partition coefficient (Wildman–Crippen LogP) is 2.61. The van der Waals surface area contributed by atoms with Gasteiger partial charge in [-0.25, -0.2) is 0 Å². The highest BCUT2D eigenvalue weighted by Gasteiger charge is 2.23. The number of hydrogen-bond donors (Lipinski definition) is 2. The zero-order valence-electron chi connectivity index (χ0n) is 14.4. The lowest BCUT2D eigenvalue weighted by Crippen LogP contribution is -2.45. The van der Waals surface area contributed by atoms with Gasteiger partial charge in [-0.2, -0.15) is 0 Å². The lowest BCUT2D eigenvalue weighted by molar-refractivity contribution is 0.0826. The minimum atomic E-state index is -0.511. The number of β-amino-alcohol motifs (C(OH)–C–C–N with tert-alkyl or cyclic N) is 1. The highest BCUT2D eigenvalue weighted by Crippen LogP contribution is 2.22. The van der Waals surface area contributed by atoms with Gasteiger partial charge in [0.25, 0.3) is 0 Å². The van der Waals surface area contributed by atoms with Crippen LogP contribution in [-0.4, -0.2) is 35.2 Å². The molecule has 0 aliphatic carbocycles. The lowest BCUT2D eigenvalue weighted by atomic mass is 9.99. The number of nitrogens with zero attached hydrogens (tertiary/aromatic N) is 1. The fraction of sp³-hybridized carbons (Fsp3) is 0.429. The molecule has 0 amide bonds. The number of rotatable bonds is 5. The molecule has 0 aromatic heterocycles. The van der Waals surface area contributed by atoms with Crippen molar-refractivity contribution in [2.45, 2.75) is 38.5 Å². The van der Waals surface area contributed by atoms with Crippen LogP contribution in [0.4, 0.5) is 0 Å². The summed E-state index contributed by atoms with van der Waals surface area (Å²) < 4.78 is 0. The molecule has 3 heteroatoms. The fourth-order valence-electron chi connectivity index (χ4n) is 3.66. The maximum atomic E-state index is 10.6. The van der Waals surface area contributed by atoms with Crippen LogP contribution >= 0.6 is 0 Å². The topological polar surface area (TPSA) is 49.5 Å². The quantitative estimate of drug-likeness (QED) is 0.889. The summed E-state index contributed by atoms with van der Waals surface area (Å²) in [5.74, 6) is 0.589. The number of hydrogen-bond acceptors (Lipinski definition) is 3. The van der Waals surface area contributed by atoms with Crippen molar-refractivity contribution >= 4 is 0 Å². The smallest absolute Gasteiger partial charge is 0.0821 e. The highest BCUT2D eigenvalue weighted by molar-refractivity contribution is 5.28. The van der Waals surface area contributed by atoms with Crippen molar-refractivity contribution in [3.8, 4) is 0 Å².